The zero-order valence-electron chi connectivity index (χ0n) is 11.1. The molecule has 0 saturated carbocycles. The molecule has 0 unspecified atom stereocenters. The van der Waals surface area contributed by atoms with Crippen molar-refractivity contribution in [3.63, 3.8) is 0 Å². The molecule has 3 nitrogen and oxygen atoms in total. The molecule has 0 fully saturated rings. The van der Waals surface area contributed by atoms with Crippen LogP contribution in [0, 0.1) is 5.92 Å². The van der Waals surface area contributed by atoms with Gasteiger partial charge >= 0.3 is 0 Å². The number of hydrogen-bond donors (Lipinski definition) is 2. The molecule has 0 aliphatic rings. The van der Waals surface area contributed by atoms with Gasteiger partial charge in [0.2, 0.25) is 0 Å². The normalized spacial score (nSPS) is 11.1. The molecular formula is C14H22ClNO2. The fourth-order valence-electron chi connectivity index (χ4n) is 1.54. The minimum absolute atomic E-state index is 0.169. The van der Waals surface area contributed by atoms with Crippen LogP contribution in [0.4, 0.5) is 0 Å². The Balaban J connectivity index is 2.13. The lowest BCUT2D eigenvalue weighted by molar-refractivity contribution is 0.108. The van der Waals surface area contributed by atoms with Crippen molar-refractivity contribution >= 4 is 11.6 Å². The quantitative estimate of drug-likeness (QED) is 0.714. The van der Waals surface area contributed by atoms with E-state index in [1.54, 1.807) is 6.07 Å². The van der Waals surface area contributed by atoms with Crippen LogP contribution >= 0.6 is 11.6 Å². The van der Waals surface area contributed by atoms with Gasteiger partial charge in [0.05, 0.1) is 5.02 Å². The first-order chi connectivity index (χ1) is 8.61. The Morgan fingerprint density at radius 1 is 1.39 bits per heavy atom. The molecule has 1 aromatic carbocycles. The first-order valence-corrected chi connectivity index (χ1v) is 6.74. The SMILES string of the molecule is CC(C)COCCCNCc1cccc(Cl)c1O. The minimum Gasteiger partial charge on any atom is -0.506 e. The van der Waals surface area contributed by atoms with E-state index >= 15 is 0 Å². The molecule has 1 aromatic rings. The van der Waals surface area contributed by atoms with E-state index in [0.717, 1.165) is 31.7 Å². The summed E-state index contributed by atoms with van der Waals surface area (Å²) in [6, 6.07) is 5.38. The summed E-state index contributed by atoms with van der Waals surface area (Å²) in [5.74, 6) is 0.754. The molecule has 0 atom stereocenters. The zero-order chi connectivity index (χ0) is 13.4. The third kappa shape index (κ3) is 5.71. The van der Waals surface area contributed by atoms with Crippen LogP contribution in [0.5, 0.6) is 5.75 Å². The first kappa shape index (κ1) is 15.3. The standard InChI is InChI=1S/C14H22ClNO2/c1-11(2)10-18-8-4-7-16-9-12-5-3-6-13(15)14(12)17/h3,5-6,11,16-17H,4,7-10H2,1-2H3. The summed E-state index contributed by atoms with van der Waals surface area (Å²) in [6.45, 7) is 7.35. The molecule has 102 valence electrons. The van der Waals surface area contributed by atoms with Gasteiger partial charge in [-0.2, -0.15) is 0 Å². The van der Waals surface area contributed by atoms with Gasteiger partial charge in [-0.1, -0.05) is 37.6 Å². The average molecular weight is 272 g/mol. The van der Waals surface area contributed by atoms with Gasteiger partial charge in [0.25, 0.3) is 0 Å². The van der Waals surface area contributed by atoms with Crippen LogP contribution in [-0.2, 0) is 11.3 Å². The van der Waals surface area contributed by atoms with Gasteiger partial charge in [0.1, 0.15) is 5.75 Å². The fraction of sp³-hybridized carbons (Fsp3) is 0.571. The molecule has 0 bridgehead atoms. The summed E-state index contributed by atoms with van der Waals surface area (Å²) in [7, 11) is 0. The lowest BCUT2D eigenvalue weighted by atomic mass is 10.2. The summed E-state index contributed by atoms with van der Waals surface area (Å²) >= 11 is 5.83. The highest BCUT2D eigenvalue weighted by atomic mass is 35.5. The Labute approximate surface area is 114 Å². The highest BCUT2D eigenvalue weighted by Gasteiger charge is 2.03. The molecule has 0 radical (unpaired) electrons. The van der Waals surface area contributed by atoms with Crippen molar-refractivity contribution in [3.8, 4) is 5.75 Å². The molecule has 0 saturated heterocycles. The molecule has 0 amide bonds. The first-order valence-electron chi connectivity index (χ1n) is 6.36. The molecular weight excluding hydrogens is 250 g/mol. The monoisotopic (exact) mass is 271 g/mol. The lowest BCUT2D eigenvalue weighted by Crippen LogP contribution is -2.17. The molecule has 2 N–H and O–H groups in total. The van der Waals surface area contributed by atoms with Crippen molar-refractivity contribution in [3.05, 3.63) is 28.8 Å². The van der Waals surface area contributed by atoms with E-state index in [2.05, 4.69) is 19.2 Å². The smallest absolute Gasteiger partial charge is 0.138 e. The van der Waals surface area contributed by atoms with Crippen molar-refractivity contribution in [1.82, 2.24) is 5.32 Å². The van der Waals surface area contributed by atoms with E-state index in [-0.39, 0.29) is 5.75 Å². The number of ether oxygens (including phenoxy) is 1. The van der Waals surface area contributed by atoms with Crippen LogP contribution in [0.1, 0.15) is 25.8 Å². The van der Waals surface area contributed by atoms with Gasteiger partial charge in [-0.25, -0.2) is 0 Å². The molecule has 1 rings (SSSR count). The summed E-state index contributed by atoms with van der Waals surface area (Å²) in [6.07, 6.45) is 0.966. The summed E-state index contributed by atoms with van der Waals surface area (Å²) < 4.78 is 5.48. The van der Waals surface area contributed by atoms with E-state index < -0.39 is 0 Å². The maximum Gasteiger partial charge on any atom is 0.138 e. The zero-order valence-corrected chi connectivity index (χ0v) is 11.8. The Kier molecular flexibility index (Phi) is 7.09. The molecule has 0 heterocycles. The Morgan fingerprint density at radius 3 is 2.89 bits per heavy atom. The van der Waals surface area contributed by atoms with Crippen molar-refractivity contribution < 1.29 is 9.84 Å². The average Bonchev–Trinajstić information content (AvgIpc) is 2.32. The summed E-state index contributed by atoms with van der Waals surface area (Å²) in [5, 5.41) is 13.4. The number of phenols is 1. The minimum atomic E-state index is 0.169. The van der Waals surface area contributed by atoms with Crippen LogP contribution in [0.25, 0.3) is 0 Å². The van der Waals surface area contributed by atoms with E-state index in [0.29, 0.717) is 17.5 Å². The fourth-order valence-corrected chi connectivity index (χ4v) is 1.74. The van der Waals surface area contributed by atoms with Crippen LogP contribution in [0.15, 0.2) is 18.2 Å². The predicted molar refractivity (Wildman–Crippen MR) is 75.1 cm³/mol. The highest BCUT2D eigenvalue weighted by molar-refractivity contribution is 6.32. The number of aromatic hydroxyl groups is 1. The van der Waals surface area contributed by atoms with Crippen LogP contribution < -0.4 is 5.32 Å². The molecule has 0 spiro atoms. The Bertz CT molecular complexity index is 356. The molecule has 18 heavy (non-hydrogen) atoms. The van der Waals surface area contributed by atoms with E-state index in [4.69, 9.17) is 16.3 Å². The molecule has 4 heteroatoms. The largest absolute Gasteiger partial charge is 0.506 e. The predicted octanol–water partition coefficient (Wildman–Crippen LogP) is 3.20. The number of hydrogen-bond acceptors (Lipinski definition) is 3. The van der Waals surface area contributed by atoms with Gasteiger partial charge in [-0.05, 0) is 24.9 Å². The van der Waals surface area contributed by atoms with Crippen molar-refractivity contribution in [1.29, 1.82) is 0 Å². The van der Waals surface area contributed by atoms with Gasteiger partial charge in [0.15, 0.2) is 0 Å². The Morgan fingerprint density at radius 2 is 2.17 bits per heavy atom. The molecule has 0 aromatic heterocycles. The van der Waals surface area contributed by atoms with Crippen molar-refractivity contribution in [2.75, 3.05) is 19.8 Å². The maximum absolute atomic E-state index is 9.70. The van der Waals surface area contributed by atoms with Gasteiger partial charge < -0.3 is 15.2 Å². The van der Waals surface area contributed by atoms with Crippen molar-refractivity contribution in [2.45, 2.75) is 26.8 Å². The summed E-state index contributed by atoms with van der Waals surface area (Å²) in [5.41, 5.74) is 0.825. The molecule has 0 aliphatic carbocycles. The maximum atomic E-state index is 9.70. The van der Waals surface area contributed by atoms with Gasteiger partial charge in [-0.15, -0.1) is 0 Å². The molecule has 0 aliphatic heterocycles. The second-order valence-corrected chi connectivity index (χ2v) is 5.15. The number of phenolic OH excluding ortho intramolecular Hbond substituents is 1. The van der Waals surface area contributed by atoms with E-state index in [9.17, 15) is 5.11 Å². The van der Waals surface area contributed by atoms with Crippen LogP contribution in [0.2, 0.25) is 5.02 Å². The number of para-hydroxylation sites is 1. The van der Waals surface area contributed by atoms with E-state index in [1.807, 2.05) is 12.1 Å². The van der Waals surface area contributed by atoms with Crippen LogP contribution in [0.3, 0.4) is 0 Å². The van der Waals surface area contributed by atoms with Crippen molar-refractivity contribution in [2.24, 2.45) is 5.92 Å². The second-order valence-electron chi connectivity index (χ2n) is 4.75. The second kappa shape index (κ2) is 8.35. The Hall–Kier alpha value is -0.770. The number of rotatable bonds is 8. The topological polar surface area (TPSA) is 41.5 Å². The highest BCUT2D eigenvalue weighted by Crippen LogP contribution is 2.26. The summed E-state index contributed by atoms with van der Waals surface area (Å²) in [4.78, 5) is 0. The van der Waals surface area contributed by atoms with E-state index in [1.165, 1.54) is 0 Å². The number of halogens is 1. The van der Waals surface area contributed by atoms with Gasteiger partial charge in [-0.3, -0.25) is 0 Å². The third-order valence-corrected chi connectivity index (χ3v) is 2.78. The number of nitrogens with one attached hydrogen (secondary N) is 1. The van der Waals surface area contributed by atoms with Gasteiger partial charge in [0, 0.05) is 25.3 Å². The van der Waals surface area contributed by atoms with Crippen LogP contribution in [-0.4, -0.2) is 24.9 Å². The lowest BCUT2D eigenvalue weighted by Gasteiger charge is -2.09. The third-order valence-electron chi connectivity index (χ3n) is 2.48. The number of benzene rings is 1.